The minimum atomic E-state index is 0.0931. The molecule has 0 aromatic rings. The molecule has 4 heteroatoms. The number of carbonyl (C=O) groups excluding carboxylic acids is 1. The SMILES string of the molecule is CC(N)C1CCCN(C(=O)C2CCCOC2)C1. The van der Waals surface area contributed by atoms with Gasteiger partial charge in [0.15, 0.2) is 0 Å². The molecule has 0 aromatic carbocycles. The standard InChI is InChI=1S/C13H24N2O2/c1-10(14)11-4-2-6-15(8-11)13(16)12-5-3-7-17-9-12/h10-12H,2-9,14H2,1H3. The van der Waals surface area contributed by atoms with Crippen LogP contribution in [0.25, 0.3) is 0 Å². The summed E-state index contributed by atoms with van der Waals surface area (Å²) >= 11 is 0. The van der Waals surface area contributed by atoms with Gasteiger partial charge in [-0.3, -0.25) is 4.79 Å². The van der Waals surface area contributed by atoms with Gasteiger partial charge >= 0.3 is 0 Å². The molecule has 0 bridgehead atoms. The van der Waals surface area contributed by atoms with E-state index in [2.05, 4.69) is 0 Å². The predicted octanol–water partition coefficient (Wildman–Crippen LogP) is 0.999. The highest BCUT2D eigenvalue weighted by Gasteiger charge is 2.31. The number of piperidine rings is 1. The molecule has 4 nitrogen and oxygen atoms in total. The largest absolute Gasteiger partial charge is 0.381 e. The van der Waals surface area contributed by atoms with Crippen LogP contribution < -0.4 is 5.73 Å². The first-order valence-corrected chi connectivity index (χ1v) is 6.80. The number of rotatable bonds is 2. The summed E-state index contributed by atoms with van der Waals surface area (Å²) < 4.78 is 5.40. The van der Waals surface area contributed by atoms with Crippen LogP contribution in [-0.2, 0) is 9.53 Å². The molecular formula is C13H24N2O2. The summed E-state index contributed by atoms with van der Waals surface area (Å²) in [6.45, 7) is 5.21. The fourth-order valence-corrected chi connectivity index (χ4v) is 2.83. The topological polar surface area (TPSA) is 55.6 Å². The normalized spacial score (nSPS) is 32.2. The Labute approximate surface area is 103 Å². The zero-order valence-electron chi connectivity index (χ0n) is 10.7. The second-order valence-corrected chi connectivity index (χ2v) is 5.46. The second-order valence-electron chi connectivity index (χ2n) is 5.46. The molecule has 2 N–H and O–H groups in total. The van der Waals surface area contributed by atoms with Gasteiger partial charge in [-0.05, 0) is 38.5 Å². The Hall–Kier alpha value is -0.610. The van der Waals surface area contributed by atoms with Crippen molar-refractivity contribution in [2.75, 3.05) is 26.3 Å². The highest BCUT2D eigenvalue weighted by molar-refractivity contribution is 5.79. The molecule has 1 amide bonds. The zero-order valence-corrected chi connectivity index (χ0v) is 10.7. The number of ether oxygens (including phenoxy) is 1. The van der Waals surface area contributed by atoms with Crippen LogP contribution in [0.3, 0.4) is 0 Å². The maximum Gasteiger partial charge on any atom is 0.228 e. The number of carbonyl (C=O) groups is 1. The first-order chi connectivity index (χ1) is 8.18. The molecule has 0 spiro atoms. The highest BCUT2D eigenvalue weighted by atomic mass is 16.5. The first kappa shape index (κ1) is 12.8. The molecule has 98 valence electrons. The van der Waals surface area contributed by atoms with E-state index in [1.165, 1.54) is 0 Å². The third-order valence-electron chi connectivity index (χ3n) is 4.02. The van der Waals surface area contributed by atoms with Crippen molar-refractivity contribution in [1.82, 2.24) is 4.90 Å². The van der Waals surface area contributed by atoms with E-state index in [-0.39, 0.29) is 17.9 Å². The van der Waals surface area contributed by atoms with Gasteiger partial charge in [0.25, 0.3) is 0 Å². The van der Waals surface area contributed by atoms with Crippen molar-refractivity contribution < 1.29 is 9.53 Å². The highest BCUT2D eigenvalue weighted by Crippen LogP contribution is 2.23. The van der Waals surface area contributed by atoms with Crippen LogP contribution >= 0.6 is 0 Å². The van der Waals surface area contributed by atoms with Gasteiger partial charge < -0.3 is 15.4 Å². The third-order valence-corrected chi connectivity index (χ3v) is 4.02. The average molecular weight is 240 g/mol. The molecule has 2 aliphatic rings. The number of likely N-dealkylation sites (tertiary alicyclic amines) is 1. The molecule has 3 atom stereocenters. The van der Waals surface area contributed by atoms with Gasteiger partial charge in [-0.1, -0.05) is 0 Å². The summed E-state index contributed by atoms with van der Waals surface area (Å²) in [4.78, 5) is 14.3. The number of amides is 1. The number of hydrogen-bond donors (Lipinski definition) is 1. The van der Waals surface area contributed by atoms with Crippen LogP contribution in [-0.4, -0.2) is 43.2 Å². The number of hydrogen-bond acceptors (Lipinski definition) is 3. The molecule has 3 unspecified atom stereocenters. The van der Waals surface area contributed by atoms with Crippen LogP contribution in [0.1, 0.15) is 32.6 Å². The average Bonchev–Trinajstić information content (AvgIpc) is 2.39. The van der Waals surface area contributed by atoms with E-state index < -0.39 is 0 Å². The summed E-state index contributed by atoms with van der Waals surface area (Å²) in [7, 11) is 0. The van der Waals surface area contributed by atoms with Crippen LogP contribution in [0.5, 0.6) is 0 Å². The smallest absolute Gasteiger partial charge is 0.228 e. The Kier molecular flexibility index (Phi) is 4.40. The molecule has 2 aliphatic heterocycles. The molecule has 0 saturated carbocycles. The molecule has 2 rings (SSSR count). The van der Waals surface area contributed by atoms with E-state index in [1.54, 1.807) is 0 Å². The van der Waals surface area contributed by atoms with Crippen molar-refractivity contribution in [2.24, 2.45) is 17.6 Å². The lowest BCUT2D eigenvalue weighted by Gasteiger charge is -2.37. The molecule has 17 heavy (non-hydrogen) atoms. The summed E-state index contributed by atoms with van der Waals surface area (Å²) in [6.07, 6.45) is 4.24. The molecule has 0 aliphatic carbocycles. The first-order valence-electron chi connectivity index (χ1n) is 6.80. The number of nitrogens with zero attached hydrogens (tertiary/aromatic N) is 1. The Balaban J connectivity index is 1.89. The predicted molar refractivity (Wildman–Crippen MR) is 66.5 cm³/mol. The fraction of sp³-hybridized carbons (Fsp3) is 0.923. The van der Waals surface area contributed by atoms with Gasteiger partial charge in [-0.15, -0.1) is 0 Å². The molecular weight excluding hydrogens is 216 g/mol. The maximum atomic E-state index is 12.3. The molecule has 0 radical (unpaired) electrons. The van der Waals surface area contributed by atoms with Gasteiger partial charge in [-0.2, -0.15) is 0 Å². The lowest BCUT2D eigenvalue weighted by atomic mass is 9.90. The third kappa shape index (κ3) is 3.19. The lowest BCUT2D eigenvalue weighted by molar-refractivity contribution is -0.141. The summed E-state index contributed by atoms with van der Waals surface area (Å²) in [5.74, 6) is 0.850. The van der Waals surface area contributed by atoms with E-state index in [4.69, 9.17) is 10.5 Å². The lowest BCUT2D eigenvalue weighted by Crippen LogP contribution is -2.48. The van der Waals surface area contributed by atoms with Gasteiger partial charge in [0.1, 0.15) is 0 Å². The van der Waals surface area contributed by atoms with Crippen molar-refractivity contribution in [2.45, 2.75) is 38.6 Å². The van der Waals surface area contributed by atoms with Gasteiger partial charge in [0.05, 0.1) is 12.5 Å². The molecule has 2 saturated heterocycles. The molecule has 2 fully saturated rings. The fourth-order valence-electron chi connectivity index (χ4n) is 2.83. The Morgan fingerprint density at radius 1 is 1.41 bits per heavy atom. The molecule has 2 heterocycles. The van der Waals surface area contributed by atoms with Crippen LogP contribution in [0.15, 0.2) is 0 Å². The van der Waals surface area contributed by atoms with Crippen molar-refractivity contribution in [3.8, 4) is 0 Å². The van der Waals surface area contributed by atoms with Gasteiger partial charge in [0, 0.05) is 25.7 Å². The van der Waals surface area contributed by atoms with Gasteiger partial charge in [-0.25, -0.2) is 0 Å². The van der Waals surface area contributed by atoms with E-state index in [0.29, 0.717) is 12.5 Å². The van der Waals surface area contributed by atoms with E-state index >= 15 is 0 Å². The Morgan fingerprint density at radius 3 is 2.88 bits per heavy atom. The van der Waals surface area contributed by atoms with Crippen molar-refractivity contribution >= 4 is 5.91 Å². The maximum absolute atomic E-state index is 12.3. The summed E-state index contributed by atoms with van der Waals surface area (Å²) in [6, 6.07) is 0.188. The minimum Gasteiger partial charge on any atom is -0.381 e. The summed E-state index contributed by atoms with van der Waals surface area (Å²) in [5.41, 5.74) is 5.95. The summed E-state index contributed by atoms with van der Waals surface area (Å²) in [5, 5.41) is 0. The Morgan fingerprint density at radius 2 is 2.24 bits per heavy atom. The van der Waals surface area contributed by atoms with Crippen molar-refractivity contribution in [3.63, 3.8) is 0 Å². The van der Waals surface area contributed by atoms with Crippen molar-refractivity contribution in [1.29, 1.82) is 0 Å². The van der Waals surface area contributed by atoms with E-state index in [0.717, 1.165) is 45.4 Å². The van der Waals surface area contributed by atoms with E-state index in [9.17, 15) is 4.79 Å². The molecule has 0 aromatic heterocycles. The monoisotopic (exact) mass is 240 g/mol. The number of nitrogens with two attached hydrogens (primary N) is 1. The van der Waals surface area contributed by atoms with Crippen LogP contribution in [0, 0.1) is 11.8 Å². The second kappa shape index (κ2) is 5.83. The van der Waals surface area contributed by atoms with Crippen LogP contribution in [0.2, 0.25) is 0 Å². The van der Waals surface area contributed by atoms with Crippen LogP contribution in [0.4, 0.5) is 0 Å². The zero-order chi connectivity index (χ0) is 12.3. The van der Waals surface area contributed by atoms with Crippen molar-refractivity contribution in [3.05, 3.63) is 0 Å². The van der Waals surface area contributed by atoms with E-state index in [1.807, 2.05) is 11.8 Å². The Bertz CT molecular complexity index is 262. The quantitative estimate of drug-likeness (QED) is 0.783. The minimum absolute atomic E-state index is 0.0931. The van der Waals surface area contributed by atoms with Gasteiger partial charge in [0.2, 0.25) is 5.91 Å².